The molecule has 3 heterocycles. The summed E-state index contributed by atoms with van der Waals surface area (Å²) in [4.78, 5) is 22.9. The van der Waals surface area contributed by atoms with Crippen LogP contribution in [0.4, 0.5) is 0 Å². The van der Waals surface area contributed by atoms with Crippen molar-refractivity contribution in [2.24, 2.45) is 0 Å². The number of hydrogen-bond acceptors (Lipinski definition) is 4. The number of amides is 1. The summed E-state index contributed by atoms with van der Waals surface area (Å²) in [7, 11) is 0. The summed E-state index contributed by atoms with van der Waals surface area (Å²) in [5.74, 6) is -0.0927. The van der Waals surface area contributed by atoms with Crippen molar-refractivity contribution in [3.8, 4) is 0 Å². The fraction of sp³-hybridized carbons (Fsp3) is 0.643. The summed E-state index contributed by atoms with van der Waals surface area (Å²) in [6.07, 6.45) is 8.01. The van der Waals surface area contributed by atoms with Crippen LogP contribution in [-0.2, 0) is 0 Å². The lowest BCUT2D eigenvalue weighted by atomic mass is 9.99. The molecule has 2 fully saturated rings. The van der Waals surface area contributed by atoms with Gasteiger partial charge in [0.15, 0.2) is 0 Å². The summed E-state index contributed by atoms with van der Waals surface area (Å²) in [5, 5.41) is 3.13. The molecule has 5 heteroatoms. The van der Waals surface area contributed by atoms with Crippen LogP contribution in [0.2, 0.25) is 0 Å². The molecule has 2 aliphatic heterocycles. The molecule has 0 radical (unpaired) electrons. The number of carbonyl (C=O) groups is 1. The Morgan fingerprint density at radius 1 is 1.26 bits per heavy atom. The van der Waals surface area contributed by atoms with Gasteiger partial charge in [-0.1, -0.05) is 6.42 Å². The molecule has 1 aromatic rings. The van der Waals surface area contributed by atoms with E-state index in [1.165, 1.54) is 25.8 Å². The maximum Gasteiger partial charge on any atom is 0.271 e. The molecular formula is C14H20N4O. The van der Waals surface area contributed by atoms with Crippen molar-refractivity contribution in [2.45, 2.75) is 44.7 Å². The molecule has 102 valence electrons. The summed E-state index contributed by atoms with van der Waals surface area (Å²) < 4.78 is 0. The first-order valence-corrected chi connectivity index (χ1v) is 7.07. The van der Waals surface area contributed by atoms with Crippen LogP contribution in [0.15, 0.2) is 12.4 Å². The smallest absolute Gasteiger partial charge is 0.271 e. The lowest BCUT2D eigenvalue weighted by Crippen LogP contribution is -2.46. The predicted octanol–water partition coefficient (Wildman–Crippen LogP) is 1.14. The van der Waals surface area contributed by atoms with Crippen LogP contribution in [0.1, 0.15) is 41.9 Å². The van der Waals surface area contributed by atoms with Gasteiger partial charge in [-0.3, -0.25) is 14.7 Å². The molecule has 0 unspecified atom stereocenters. The Hall–Kier alpha value is -1.49. The van der Waals surface area contributed by atoms with Gasteiger partial charge < -0.3 is 5.32 Å². The Kier molecular flexibility index (Phi) is 3.46. The van der Waals surface area contributed by atoms with Gasteiger partial charge in [0, 0.05) is 24.8 Å². The fourth-order valence-corrected chi connectivity index (χ4v) is 3.17. The summed E-state index contributed by atoms with van der Waals surface area (Å²) in [5.41, 5.74) is 1.25. The summed E-state index contributed by atoms with van der Waals surface area (Å²) >= 11 is 0. The van der Waals surface area contributed by atoms with Gasteiger partial charge in [0.1, 0.15) is 5.69 Å². The van der Waals surface area contributed by atoms with E-state index in [1.807, 2.05) is 6.92 Å². The van der Waals surface area contributed by atoms with Crippen molar-refractivity contribution >= 4 is 5.91 Å². The van der Waals surface area contributed by atoms with Gasteiger partial charge in [-0.15, -0.1) is 0 Å². The first-order chi connectivity index (χ1) is 9.24. The minimum atomic E-state index is -0.0927. The van der Waals surface area contributed by atoms with Crippen LogP contribution in [-0.4, -0.2) is 45.9 Å². The van der Waals surface area contributed by atoms with Gasteiger partial charge in [0.2, 0.25) is 0 Å². The Labute approximate surface area is 113 Å². The van der Waals surface area contributed by atoms with Gasteiger partial charge >= 0.3 is 0 Å². The number of nitrogens with one attached hydrogen (secondary N) is 1. The van der Waals surface area contributed by atoms with E-state index in [1.54, 1.807) is 12.4 Å². The van der Waals surface area contributed by atoms with E-state index in [0.29, 0.717) is 11.7 Å². The summed E-state index contributed by atoms with van der Waals surface area (Å²) in [6, 6.07) is 0.798. The number of aromatic nitrogens is 2. The minimum absolute atomic E-state index is 0.0927. The molecule has 0 spiro atoms. The van der Waals surface area contributed by atoms with Crippen LogP contribution in [0.5, 0.6) is 0 Å². The molecule has 1 amide bonds. The highest BCUT2D eigenvalue weighted by atomic mass is 16.2. The molecular weight excluding hydrogens is 240 g/mol. The third kappa shape index (κ3) is 2.61. The van der Waals surface area contributed by atoms with Gasteiger partial charge in [0.05, 0.1) is 11.9 Å². The van der Waals surface area contributed by atoms with Crippen molar-refractivity contribution in [2.75, 3.05) is 13.1 Å². The molecule has 0 aromatic carbocycles. The SMILES string of the molecule is Cc1cnc(C(=O)N[C@H]2CCN3CCCC[C@H]23)cn1. The largest absolute Gasteiger partial charge is 0.346 e. The number of piperidine rings is 1. The molecule has 0 aliphatic carbocycles. The third-order valence-electron chi connectivity index (χ3n) is 4.19. The molecule has 5 nitrogen and oxygen atoms in total. The van der Waals surface area contributed by atoms with Gasteiger partial charge in [0.25, 0.3) is 5.91 Å². The molecule has 2 aliphatic rings. The van der Waals surface area contributed by atoms with Gasteiger partial charge in [-0.2, -0.15) is 0 Å². The van der Waals surface area contributed by atoms with E-state index < -0.39 is 0 Å². The van der Waals surface area contributed by atoms with Crippen LogP contribution in [0.25, 0.3) is 0 Å². The predicted molar refractivity (Wildman–Crippen MR) is 71.9 cm³/mol. The van der Waals surface area contributed by atoms with E-state index in [4.69, 9.17) is 0 Å². The van der Waals surface area contributed by atoms with Crippen molar-refractivity contribution in [3.63, 3.8) is 0 Å². The van der Waals surface area contributed by atoms with Gasteiger partial charge in [-0.05, 0) is 32.7 Å². The number of carbonyl (C=O) groups excluding carboxylic acids is 1. The Balaban J connectivity index is 1.65. The number of hydrogen-bond donors (Lipinski definition) is 1. The molecule has 3 rings (SSSR count). The average molecular weight is 260 g/mol. The maximum absolute atomic E-state index is 12.2. The second kappa shape index (κ2) is 5.25. The zero-order chi connectivity index (χ0) is 13.2. The highest BCUT2D eigenvalue weighted by molar-refractivity contribution is 5.92. The number of rotatable bonds is 2. The zero-order valence-electron chi connectivity index (χ0n) is 11.3. The molecule has 1 N–H and O–H groups in total. The Morgan fingerprint density at radius 3 is 2.95 bits per heavy atom. The first-order valence-electron chi connectivity index (χ1n) is 7.07. The molecule has 1 aromatic heterocycles. The molecule has 0 saturated carbocycles. The highest BCUT2D eigenvalue weighted by Crippen LogP contribution is 2.27. The van der Waals surface area contributed by atoms with Crippen LogP contribution >= 0.6 is 0 Å². The second-order valence-electron chi connectivity index (χ2n) is 5.51. The lowest BCUT2D eigenvalue weighted by Gasteiger charge is -2.32. The second-order valence-corrected chi connectivity index (χ2v) is 5.51. The monoisotopic (exact) mass is 260 g/mol. The molecule has 2 atom stereocenters. The van der Waals surface area contributed by atoms with E-state index in [2.05, 4.69) is 20.2 Å². The van der Waals surface area contributed by atoms with Crippen molar-refractivity contribution in [1.29, 1.82) is 0 Å². The highest BCUT2D eigenvalue weighted by Gasteiger charge is 2.36. The van der Waals surface area contributed by atoms with E-state index >= 15 is 0 Å². The number of nitrogens with zero attached hydrogens (tertiary/aromatic N) is 3. The normalized spacial score (nSPS) is 27.0. The Morgan fingerprint density at radius 2 is 2.16 bits per heavy atom. The molecule has 2 saturated heterocycles. The maximum atomic E-state index is 12.2. The molecule has 0 bridgehead atoms. The minimum Gasteiger partial charge on any atom is -0.346 e. The first kappa shape index (κ1) is 12.5. The number of fused-ring (bicyclic) bond motifs is 1. The Bertz CT molecular complexity index is 459. The topological polar surface area (TPSA) is 58.1 Å². The van der Waals surface area contributed by atoms with Crippen molar-refractivity contribution in [1.82, 2.24) is 20.2 Å². The van der Waals surface area contributed by atoms with Crippen LogP contribution in [0, 0.1) is 6.92 Å². The van der Waals surface area contributed by atoms with Crippen molar-refractivity contribution in [3.05, 3.63) is 23.8 Å². The van der Waals surface area contributed by atoms with Crippen LogP contribution in [0.3, 0.4) is 0 Å². The van der Waals surface area contributed by atoms with E-state index in [9.17, 15) is 4.79 Å². The standard InChI is InChI=1S/C14H20N4O/c1-10-8-16-12(9-15-10)14(19)17-11-5-7-18-6-3-2-4-13(11)18/h8-9,11,13H,2-7H2,1H3,(H,17,19)/t11-,13+/m0/s1. The number of aryl methyl sites for hydroxylation is 1. The zero-order valence-corrected chi connectivity index (χ0v) is 11.3. The fourth-order valence-electron chi connectivity index (χ4n) is 3.17. The van der Waals surface area contributed by atoms with Crippen molar-refractivity contribution < 1.29 is 4.79 Å². The average Bonchev–Trinajstić information content (AvgIpc) is 2.83. The van der Waals surface area contributed by atoms with Gasteiger partial charge in [-0.25, -0.2) is 4.98 Å². The molecule has 19 heavy (non-hydrogen) atoms. The summed E-state index contributed by atoms with van der Waals surface area (Å²) in [6.45, 7) is 4.15. The lowest BCUT2D eigenvalue weighted by molar-refractivity contribution is 0.0910. The van der Waals surface area contributed by atoms with E-state index in [0.717, 1.165) is 18.7 Å². The van der Waals surface area contributed by atoms with E-state index in [-0.39, 0.29) is 11.9 Å². The van der Waals surface area contributed by atoms with Crippen LogP contribution < -0.4 is 5.32 Å². The quantitative estimate of drug-likeness (QED) is 0.866. The third-order valence-corrected chi connectivity index (χ3v) is 4.19.